The predicted octanol–water partition coefficient (Wildman–Crippen LogP) is 2.81. The van der Waals surface area contributed by atoms with E-state index in [0.29, 0.717) is 17.0 Å². The highest BCUT2D eigenvalue weighted by molar-refractivity contribution is 5.94. The Morgan fingerprint density at radius 2 is 2.25 bits per heavy atom. The highest BCUT2D eigenvalue weighted by Gasteiger charge is 2.36. The number of aryl methyl sites for hydroxylation is 1. The molecule has 0 aromatic heterocycles. The Labute approximate surface area is 119 Å². The number of nitrogens with one attached hydrogen (secondary N) is 1. The van der Waals surface area contributed by atoms with Gasteiger partial charge in [-0.25, -0.2) is 4.39 Å². The molecular formula is C16H22FNO2. The first-order valence-corrected chi connectivity index (χ1v) is 7.15. The number of rotatable bonds is 3. The second kappa shape index (κ2) is 5.92. The number of carbonyl (C=O) groups is 1. The maximum absolute atomic E-state index is 13.4. The first kappa shape index (κ1) is 15.0. The van der Waals surface area contributed by atoms with Crippen LogP contribution in [0, 0.1) is 18.7 Å². The van der Waals surface area contributed by atoms with Gasteiger partial charge < -0.3 is 10.4 Å². The largest absolute Gasteiger partial charge is 0.394 e. The summed E-state index contributed by atoms with van der Waals surface area (Å²) < 4.78 is 13.4. The lowest BCUT2D eigenvalue weighted by molar-refractivity contribution is 0.0696. The maximum Gasteiger partial charge on any atom is 0.251 e. The van der Waals surface area contributed by atoms with Crippen molar-refractivity contribution < 1.29 is 14.3 Å². The standard InChI is InChI=1S/C16H22FNO2/c1-11-4-3-5-16(9-11,10-19)18-15(20)13-6-12(2)7-14(17)8-13/h6-8,11,19H,3-5,9-10H2,1-2H3,(H,18,20). The van der Waals surface area contributed by atoms with Crippen LogP contribution in [0.1, 0.15) is 48.5 Å². The monoisotopic (exact) mass is 279 g/mol. The summed E-state index contributed by atoms with van der Waals surface area (Å²) in [5.74, 6) is -0.244. The maximum atomic E-state index is 13.4. The van der Waals surface area contributed by atoms with Gasteiger partial charge in [-0.1, -0.05) is 19.8 Å². The molecule has 1 saturated carbocycles. The number of aliphatic hydroxyl groups is 1. The Balaban J connectivity index is 2.16. The van der Waals surface area contributed by atoms with Gasteiger partial charge in [0.25, 0.3) is 5.91 Å². The van der Waals surface area contributed by atoms with E-state index in [4.69, 9.17) is 0 Å². The molecule has 0 saturated heterocycles. The number of aliphatic hydroxyl groups excluding tert-OH is 1. The van der Waals surface area contributed by atoms with E-state index >= 15 is 0 Å². The van der Waals surface area contributed by atoms with Crippen molar-refractivity contribution in [2.45, 2.75) is 45.1 Å². The first-order valence-electron chi connectivity index (χ1n) is 7.15. The van der Waals surface area contributed by atoms with Crippen LogP contribution in [0.4, 0.5) is 4.39 Å². The molecule has 1 aliphatic rings. The third kappa shape index (κ3) is 3.37. The molecule has 2 unspecified atom stereocenters. The molecule has 0 spiro atoms. The summed E-state index contributed by atoms with van der Waals surface area (Å²) in [6, 6.07) is 4.29. The zero-order valence-electron chi connectivity index (χ0n) is 12.1. The predicted molar refractivity (Wildman–Crippen MR) is 76.1 cm³/mol. The molecular weight excluding hydrogens is 257 g/mol. The Morgan fingerprint density at radius 1 is 1.50 bits per heavy atom. The first-order chi connectivity index (χ1) is 9.44. The Morgan fingerprint density at radius 3 is 2.85 bits per heavy atom. The number of hydrogen-bond acceptors (Lipinski definition) is 2. The van der Waals surface area contributed by atoms with Crippen LogP contribution in [0.15, 0.2) is 18.2 Å². The van der Waals surface area contributed by atoms with E-state index in [0.717, 1.165) is 25.7 Å². The van der Waals surface area contributed by atoms with Crippen LogP contribution in [0.5, 0.6) is 0 Å². The Bertz CT molecular complexity index is 483. The average molecular weight is 279 g/mol. The van der Waals surface area contributed by atoms with E-state index in [1.54, 1.807) is 13.0 Å². The summed E-state index contributed by atoms with van der Waals surface area (Å²) in [5.41, 5.74) is 0.466. The lowest BCUT2D eigenvalue weighted by Crippen LogP contribution is -2.53. The second-order valence-electron chi connectivity index (χ2n) is 6.11. The van der Waals surface area contributed by atoms with E-state index < -0.39 is 11.4 Å². The highest BCUT2D eigenvalue weighted by Crippen LogP contribution is 2.32. The molecule has 2 N–H and O–H groups in total. The number of hydrogen-bond donors (Lipinski definition) is 2. The quantitative estimate of drug-likeness (QED) is 0.894. The van der Waals surface area contributed by atoms with Crippen molar-refractivity contribution in [3.63, 3.8) is 0 Å². The van der Waals surface area contributed by atoms with Crippen LogP contribution in [-0.2, 0) is 0 Å². The van der Waals surface area contributed by atoms with Gasteiger partial charge in [-0.3, -0.25) is 4.79 Å². The van der Waals surface area contributed by atoms with Crippen molar-refractivity contribution in [3.05, 3.63) is 35.1 Å². The van der Waals surface area contributed by atoms with Gasteiger partial charge in [0.15, 0.2) is 0 Å². The molecule has 0 radical (unpaired) electrons. The normalized spacial score (nSPS) is 26.3. The van der Waals surface area contributed by atoms with Crippen molar-refractivity contribution in [2.24, 2.45) is 5.92 Å². The summed E-state index contributed by atoms with van der Waals surface area (Å²) in [7, 11) is 0. The smallest absolute Gasteiger partial charge is 0.251 e. The fraction of sp³-hybridized carbons (Fsp3) is 0.562. The fourth-order valence-electron chi connectivity index (χ4n) is 3.14. The molecule has 2 rings (SSSR count). The van der Waals surface area contributed by atoms with Crippen molar-refractivity contribution in [1.29, 1.82) is 0 Å². The molecule has 1 aliphatic carbocycles. The Kier molecular flexibility index (Phi) is 4.43. The number of benzene rings is 1. The molecule has 1 aromatic rings. The minimum Gasteiger partial charge on any atom is -0.394 e. The van der Waals surface area contributed by atoms with Gasteiger partial charge >= 0.3 is 0 Å². The third-order valence-electron chi connectivity index (χ3n) is 4.08. The molecule has 2 atom stereocenters. The van der Waals surface area contributed by atoms with E-state index in [9.17, 15) is 14.3 Å². The highest BCUT2D eigenvalue weighted by atomic mass is 19.1. The molecule has 20 heavy (non-hydrogen) atoms. The van der Waals surface area contributed by atoms with Crippen molar-refractivity contribution in [2.75, 3.05) is 6.61 Å². The fourth-order valence-corrected chi connectivity index (χ4v) is 3.14. The third-order valence-corrected chi connectivity index (χ3v) is 4.08. The lowest BCUT2D eigenvalue weighted by atomic mass is 9.76. The molecule has 110 valence electrons. The lowest BCUT2D eigenvalue weighted by Gasteiger charge is -2.39. The summed E-state index contributed by atoms with van der Waals surface area (Å²) in [4.78, 5) is 12.3. The molecule has 0 bridgehead atoms. The van der Waals surface area contributed by atoms with Gasteiger partial charge in [0.2, 0.25) is 0 Å². The summed E-state index contributed by atoms with van der Waals surface area (Å²) in [5, 5.41) is 12.6. The molecule has 3 nitrogen and oxygen atoms in total. The number of halogens is 1. The number of amides is 1. The van der Waals surface area contributed by atoms with Crippen LogP contribution in [0.3, 0.4) is 0 Å². The SMILES string of the molecule is Cc1cc(F)cc(C(=O)NC2(CO)CCCC(C)C2)c1. The van der Waals surface area contributed by atoms with E-state index in [-0.39, 0.29) is 12.5 Å². The summed E-state index contributed by atoms with van der Waals surface area (Å²) >= 11 is 0. The van der Waals surface area contributed by atoms with Crippen LogP contribution < -0.4 is 5.32 Å². The molecule has 1 amide bonds. The molecule has 1 fully saturated rings. The van der Waals surface area contributed by atoms with Gasteiger partial charge in [0, 0.05) is 5.56 Å². The van der Waals surface area contributed by atoms with Crippen molar-refractivity contribution >= 4 is 5.91 Å². The van der Waals surface area contributed by atoms with Gasteiger partial charge in [0.1, 0.15) is 5.82 Å². The van der Waals surface area contributed by atoms with Crippen LogP contribution in [0.25, 0.3) is 0 Å². The topological polar surface area (TPSA) is 49.3 Å². The minimum absolute atomic E-state index is 0.0720. The van der Waals surface area contributed by atoms with E-state index in [2.05, 4.69) is 12.2 Å². The van der Waals surface area contributed by atoms with Gasteiger partial charge in [-0.15, -0.1) is 0 Å². The zero-order valence-corrected chi connectivity index (χ0v) is 12.1. The molecule has 0 aliphatic heterocycles. The summed E-state index contributed by atoms with van der Waals surface area (Å²) in [6.45, 7) is 3.81. The van der Waals surface area contributed by atoms with Crippen LogP contribution >= 0.6 is 0 Å². The Hall–Kier alpha value is -1.42. The van der Waals surface area contributed by atoms with Crippen molar-refractivity contribution in [1.82, 2.24) is 5.32 Å². The van der Waals surface area contributed by atoms with Gasteiger partial charge in [-0.05, 0) is 49.4 Å². The minimum atomic E-state index is -0.561. The molecule has 4 heteroatoms. The zero-order chi connectivity index (χ0) is 14.8. The van der Waals surface area contributed by atoms with Crippen LogP contribution in [-0.4, -0.2) is 23.2 Å². The van der Waals surface area contributed by atoms with E-state index in [1.807, 2.05) is 0 Å². The van der Waals surface area contributed by atoms with E-state index in [1.165, 1.54) is 12.1 Å². The van der Waals surface area contributed by atoms with Gasteiger partial charge in [-0.2, -0.15) is 0 Å². The summed E-state index contributed by atoms with van der Waals surface area (Å²) in [6.07, 6.45) is 3.65. The van der Waals surface area contributed by atoms with Crippen molar-refractivity contribution in [3.8, 4) is 0 Å². The van der Waals surface area contributed by atoms with Gasteiger partial charge in [0.05, 0.1) is 12.1 Å². The van der Waals surface area contributed by atoms with Crippen LogP contribution in [0.2, 0.25) is 0 Å². The number of carbonyl (C=O) groups excluding carboxylic acids is 1. The second-order valence-corrected chi connectivity index (χ2v) is 6.11. The molecule has 1 aromatic carbocycles. The molecule has 0 heterocycles. The average Bonchev–Trinajstić information content (AvgIpc) is 2.37.